The summed E-state index contributed by atoms with van der Waals surface area (Å²) in [6.07, 6.45) is 0. The van der Waals surface area contributed by atoms with Crippen LogP contribution in [0.2, 0.25) is 0 Å². The molecule has 0 spiro atoms. The van der Waals surface area contributed by atoms with Crippen LogP contribution in [-0.4, -0.2) is 29.8 Å². The average molecular weight is 289 g/mol. The number of aromatic amines is 1. The van der Waals surface area contributed by atoms with Crippen molar-refractivity contribution in [3.63, 3.8) is 0 Å². The van der Waals surface area contributed by atoms with Gasteiger partial charge in [-0.3, -0.25) is 9.89 Å². The molecule has 1 aromatic heterocycles. The van der Waals surface area contributed by atoms with E-state index in [1.807, 2.05) is 32.9 Å². The molecule has 6 heteroatoms. The van der Waals surface area contributed by atoms with E-state index < -0.39 is 0 Å². The molecule has 1 heterocycles. The van der Waals surface area contributed by atoms with Crippen LogP contribution in [0.1, 0.15) is 17.0 Å². The number of H-pyrrole nitrogens is 1. The Morgan fingerprint density at radius 2 is 2.05 bits per heavy atom. The molecule has 1 aromatic carbocycles. The zero-order valence-corrected chi connectivity index (χ0v) is 12.6. The molecule has 1 amide bonds. The van der Waals surface area contributed by atoms with Crippen LogP contribution in [0.25, 0.3) is 0 Å². The summed E-state index contributed by atoms with van der Waals surface area (Å²) in [6.45, 7) is 5.54. The third kappa shape index (κ3) is 3.53. The number of hydrogen-bond acceptors (Lipinski definition) is 4. The van der Waals surface area contributed by atoms with Gasteiger partial charge < -0.3 is 14.8 Å². The number of amides is 1. The molecule has 0 saturated heterocycles. The van der Waals surface area contributed by atoms with Crippen LogP contribution < -0.4 is 14.8 Å². The Bertz CT molecular complexity index is 630. The highest BCUT2D eigenvalue weighted by molar-refractivity contribution is 5.93. The monoisotopic (exact) mass is 289 g/mol. The molecule has 0 radical (unpaired) electrons. The minimum absolute atomic E-state index is 0.0938. The summed E-state index contributed by atoms with van der Waals surface area (Å²) in [4.78, 5) is 11.9. The predicted molar refractivity (Wildman–Crippen MR) is 79.9 cm³/mol. The van der Waals surface area contributed by atoms with Gasteiger partial charge in [0.15, 0.2) is 18.1 Å². The summed E-state index contributed by atoms with van der Waals surface area (Å²) in [5.41, 5.74) is 3.32. The highest BCUT2D eigenvalue weighted by Gasteiger charge is 2.12. The lowest BCUT2D eigenvalue weighted by Gasteiger charge is -2.11. The molecule has 0 aliphatic rings. The maximum absolute atomic E-state index is 11.9. The summed E-state index contributed by atoms with van der Waals surface area (Å²) < 4.78 is 10.7. The van der Waals surface area contributed by atoms with Gasteiger partial charge in [-0.25, -0.2) is 0 Å². The molecule has 6 nitrogen and oxygen atoms in total. The molecular formula is C15H19N3O3. The van der Waals surface area contributed by atoms with Crippen molar-refractivity contribution in [2.75, 3.05) is 19.0 Å². The van der Waals surface area contributed by atoms with Crippen LogP contribution in [0.5, 0.6) is 11.5 Å². The molecule has 0 fully saturated rings. The Kier molecular flexibility index (Phi) is 4.47. The highest BCUT2D eigenvalue weighted by Crippen LogP contribution is 2.27. The van der Waals surface area contributed by atoms with Gasteiger partial charge in [0.25, 0.3) is 5.91 Å². The summed E-state index contributed by atoms with van der Waals surface area (Å²) in [5.74, 6) is 0.905. The van der Waals surface area contributed by atoms with E-state index in [0.717, 1.165) is 17.0 Å². The molecule has 0 aliphatic carbocycles. The lowest BCUT2D eigenvalue weighted by molar-refractivity contribution is -0.118. The number of carbonyl (C=O) groups is 1. The van der Waals surface area contributed by atoms with E-state index in [2.05, 4.69) is 15.5 Å². The lowest BCUT2D eigenvalue weighted by atomic mass is 10.2. The maximum Gasteiger partial charge on any atom is 0.262 e. The van der Waals surface area contributed by atoms with Crippen LogP contribution in [0, 0.1) is 20.8 Å². The molecule has 2 rings (SSSR count). The van der Waals surface area contributed by atoms with Crippen molar-refractivity contribution >= 4 is 11.6 Å². The van der Waals surface area contributed by atoms with Gasteiger partial charge in [0.1, 0.15) is 0 Å². The van der Waals surface area contributed by atoms with Crippen LogP contribution >= 0.6 is 0 Å². The Balaban J connectivity index is 1.99. The number of carbonyl (C=O) groups excluding carboxylic acids is 1. The fourth-order valence-corrected chi connectivity index (χ4v) is 1.95. The van der Waals surface area contributed by atoms with Gasteiger partial charge in [0.2, 0.25) is 0 Å². The zero-order chi connectivity index (χ0) is 15.4. The quantitative estimate of drug-likeness (QED) is 0.886. The van der Waals surface area contributed by atoms with Crippen molar-refractivity contribution in [1.29, 1.82) is 0 Å². The van der Waals surface area contributed by atoms with Crippen molar-refractivity contribution in [1.82, 2.24) is 10.2 Å². The van der Waals surface area contributed by atoms with Crippen molar-refractivity contribution in [3.05, 3.63) is 35.2 Å². The Hall–Kier alpha value is -2.50. The fraction of sp³-hybridized carbons (Fsp3) is 0.333. The molecule has 0 aliphatic heterocycles. The SMILES string of the molecule is COc1cc(C)ccc1OCC(=O)Nc1c(C)n[nH]c1C. The Morgan fingerprint density at radius 1 is 1.29 bits per heavy atom. The average Bonchev–Trinajstić information content (AvgIpc) is 2.77. The smallest absolute Gasteiger partial charge is 0.262 e. The van der Waals surface area contributed by atoms with Gasteiger partial charge in [0, 0.05) is 0 Å². The molecule has 2 aromatic rings. The van der Waals surface area contributed by atoms with Crippen molar-refractivity contribution < 1.29 is 14.3 Å². The van der Waals surface area contributed by atoms with E-state index in [9.17, 15) is 4.79 Å². The lowest BCUT2D eigenvalue weighted by Crippen LogP contribution is -2.21. The van der Waals surface area contributed by atoms with Gasteiger partial charge in [-0.05, 0) is 38.5 Å². The summed E-state index contributed by atoms with van der Waals surface area (Å²) in [6, 6.07) is 5.55. The second-order valence-corrected chi connectivity index (χ2v) is 4.80. The number of nitrogens with one attached hydrogen (secondary N) is 2. The van der Waals surface area contributed by atoms with E-state index in [0.29, 0.717) is 17.2 Å². The summed E-state index contributed by atoms with van der Waals surface area (Å²) >= 11 is 0. The molecule has 2 N–H and O–H groups in total. The molecule has 21 heavy (non-hydrogen) atoms. The first-order chi connectivity index (χ1) is 10.0. The van der Waals surface area contributed by atoms with Crippen LogP contribution in [0.4, 0.5) is 5.69 Å². The van der Waals surface area contributed by atoms with Gasteiger partial charge >= 0.3 is 0 Å². The van der Waals surface area contributed by atoms with Gasteiger partial charge in [-0.1, -0.05) is 6.07 Å². The number of anilines is 1. The van der Waals surface area contributed by atoms with Gasteiger partial charge in [0.05, 0.1) is 24.2 Å². The highest BCUT2D eigenvalue weighted by atomic mass is 16.5. The van der Waals surface area contributed by atoms with Crippen LogP contribution in [-0.2, 0) is 4.79 Å². The molecular weight excluding hydrogens is 270 g/mol. The van der Waals surface area contributed by atoms with E-state index in [4.69, 9.17) is 9.47 Å². The second-order valence-electron chi connectivity index (χ2n) is 4.80. The van der Waals surface area contributed by atoms with E-state index in [1.165, 1.54) is 0 Å². The third-order valence-corrected chi connectivity index (χ3v) is 3.07. The molecule has 0 bridgehead atoms. The number of benzene rings is 1. The largest absolute Gasteiger partial charge is 0.493 e. The first-order valence-electron chi connectivity index (χ1n) is 6.60. The second kappa shape index (κ2) is 6.30. The van der Waals surface area contributed by atoms with E-state index in [-0.39, 0.29) is 12.5 Å². The van der Waals surface area contributed by atoms with Gasteiger partial charge in [-0.15, -0.1) is 0 Å². The first kappa shape index (κ1) is 14.9. The molecule has 112 valence electrons. The standard InChI is InChI=1S/C15H19N3O3/c1-9-5-6-12(13(7-9)20-4)21-8-14(19)16-15-10(2)17-18-11(15)3/h5-7H,8H2,1-4H3,(H,16,19)(H,17,18). The minimum atomic E-state index is -0.245. The molecule has 0 saturated carbocycles. The maximum atomic E-state index is 11.9. The number of aryl methyl sites for hydroxylation is 3. The predicted octanol–water partition coefficient (Wildman–Crippen LogP) is 2.36. The molecule has 0 unspecified atom stereocenters. The number of methoxy groups -OCH3 is 1. The zero-order valence-electron chi connectivity index (χ0n) is 12.6. The number of nitrogens with zero attached hydrogens (tertiary/aromatic N) is 1. The normalized spacial score (nSPS) is 10.3. The molecule has 0 atom stereocenters. The number of hydrogen-bond donors (Lipinski definition) is 2. The summed E-state index contributed by atoms with van der Waals surface area (Å²) in [7, 11) is 1.57. The third-order valence-electron chi connectivity index (χ3n) is 3.07. The van der Waals surface area contributed by atoms with Gasteiger partial charge in [-0.2, -0.15) is 5.10 Å². The number of ether oxygens (including phenoxy) is 2. The number of rotatable bonds is 5. The van der Waals surface area contributed by atoms with Crippen molar-refractivity contribution in [3.8, 4) is 11.5 Å². The van der Waals surface area contributed by atoms with Crippen LogP contribution in [0.3, 0.4) is 0 Å². The number of aromatic nitrogens is 2. The van der Waals surface area contributed by atoms with E-state index in [1.54, 1.807) is 13.2 Å². The van der Waals surface area contributed by atoms with Crippen LogP contribution in [0.15, 0.2) is 18.2 Å². The van der Waals surface area contributed by atoms with E-state index >= 15 is 0 Å². The first-order valence-corrected chi connectivity index (χ1v) is 6.60. The summed E-state index contributed by atoms with van der Waals surface area (Å²) in [5, 5.41) is 9.62. The Morgan fingerprint density at radius 3 is 2.67 bits per heavy atom. The minimum Gasteiger partial charge on any atom is -0.493 e. The topological polar surface area (TPSA) is 76.2 Å². The van der Waals surface area contributed by atoms with Crippen molar-refractivity contribution in [2.24, 2.45) is 0 Å². The van der Waals surface area contributed by atoms with Crippen molar-refractivity contribution in [2.45, 2.75) is 20.8 Å². The Labute approximate surface area is 123 Å². The fourth-order valence-electron chi connectivity index (χ4n) is 1.95.